The first-order valence-corrected chi connectivity index (χ1v) is 7.13. The Morgan fingerprint density at radius 3 is 2.71 bits per heavy atom. The second-order valence-electron chi connectivity index (χ2n) is 4.96. The zero-order valence-corrected chi connectivity index (χ0v) is 12.5. The van der Waals surface area contributed by atoms with Gasteiger partial charge in [0.15, 0.2) is 5.82 Å². The largest absolute Gasteiger partial charge is 0.345 e. The molecule has 0 bridgehead atoms. The number of hydrogen-bond acceptors (Lipinski definition) is 5. The lowest BCUT2D eigenvalue weighted by Gasteiger charge is -2.02. The highest BCUT2D eigenvalue weighted by molar-refractivity contribution is 5.94. The minimum Gasteiger partial charge on any atom is -0.345 e. The maximum Gasteiger partial charge on any atom is 0.270 e. The van der Waals surface area contributed by atoms with Crippen LogP contribution >= 0.6 is 0 Å². The number of carbonyl (C=O) groups excluding carboxylic acids is 1. The van der Waals surface area contributed by atoms with E-state index in [1.165, 1.54) is 24.3 Å². The summed E-state index contributed by atoms with van der Waals surface area (Å²) in [6, 6.07) is 15.0. The quantitative estimate of drug-likeness (QED) is 0.552. The molecule has 3 aromatic rings. The van der Waals surface area contributed by atoms with Gasteiger partial charge in [-0.2, -0.15) is 5.10 Å². The Labute approximate surface area is 136 Å². The highest BCUT2D eigenvalue weighted by Crippen LogP contribution is 2.14. The van der Waals surface area contributed by atoms with Gasteiger partial charge in [0.1, 0.15) is 5.82 Å². The molecule has 2 aromatic carbocycles. The van der Waals surface area contributed by atoms with E-state index in [0.29, 0.717) is 11.6 Å². The summed E-state index contributed by atoms with van der Waals surface area (Å²) in [6.07, 6.45) is 0. The minimum atomic E-state index is -0.542. The van der Waals surface area contributed by atoms with Crippen LogP contribution in [-0.2, 0) is 6.54 Å². The van der Waals surface area contributed by atoms with Crippen molar-refractivity contribution in [2.75, 3.05) is 0 Å². The van der Waals surface area contributed by atoms with Crippen molar-refractivity contribution in [3.8, 4) is 11.4 Å². The van der Waals surface area contributed by atoms with E-state index in [4.69, 9.17) is 0 Å². The molecule has 24 heavy (non-hydrogen) atoms. The molecule has 2 N–H and O–H groups in total. The Balaban J connectivity index is 1.66. The van der Waals surface area contributed by atoms with Crippen molar-refractivity contribution < 1.29 is 9.72 Å². The molecule has 0 aliphatic heterocycles. The zero-order chi connectivity index (χ0) is 16.9. The number of nitrogens with one attached hydrogen (secondary N) is 2. The van der Waals surface area contributed by atoms with Crippen LogP contribution in [0, 0.1) is 10.1 Å². The number of amides is 1. The zero-order valence-electron chi connectivity index (χ0n) is 12.5. The van der Waals surface area contributed by atoms with E-state index in [-0.39, 0.29) is 17.8 Å². The molecule has 0 aliphatic carbocycles. The number of aromatic amines is 1. The molecule has 0 saturated heterocycles. The van der Waals surface area contributed by atoms with Gasteiger partial charge in [-0.05, 0) is 6.07 Å². The number of non-ortho nitro benzene ring substituents is 1. The molecule has 0 saturated carbocycles. The van der Waals surface area contributed by atoms with Crippen molar-refractivity contribution in [2.45, 2.75) is 6.54 Å². The first kappa shape index (κ1) is 15.3. The number of hydrogen-bond donors (Lipinski definition) is 2. The van der Waals surface area contributed by atoms with Gasteiger partial charge in [-0.25, -0.2) is 4.98 Å². The number of benzene rings is 2. The standard InChI is InChI=1S/C16H13N5O3/c22-16(12-7-4-8-13(9-12)21(23)24)17-10-14-18-15(20-19-14)11-5-2-1-3-6-11/h1-9H,10H2,(H,17,22)(H,18,19,20). The smallest absolute Gasteiger partial charge is 0.270 e. The van der Waals surface area contributed by atoms with Gasteiger partial charge < -0.3 is 5.32 Å². The lowest BCUT2D eigenvalue weighted by Crippen LogP contribution is -2.23. The van der Waals surface area contributed by atoms with Crippen LogP contribution in [0.15, 0.2) is 54.6 Å². The van der Waals surface area contributed by atoms with Gasteiger partial charge >= 0.3 is 0 Å². The Morgan fingerprint density at radius 1 is 1.17 bits per heavy atom. The highest BCUT2D eigenvalue weighted by Gasteiger charge is 2.12. The van der Waals surface area contributed by atoms with E-state index < -0.39 is 10.8 Å². The summed E-state index contributed by atoms with van der Waals surface area (Å²) < 4.78 is 0. The van der Waals surface area contributed by atoms with Crippen molar-refractivity contribution in [3.63, 3.8) is 0 Å². The van der Waals surface area contributed by atoms with Gasteiger partial charge in [0.05, 0.1) is 11.5 Å². The second kappa shape index (κ2) is 6.69. The summed E-state index contributed by atoms with van der Waals surface area (Å²) in [5.74, 6) is 0.610. The topological polar surface area (TPSA) is 114 Å². The lowest BCUT2D eigenvalue weighted by atomic mass is 10.2. The van der Waals surface area contributed by atoms with Crippen LogP contribution in [0.2, 0.25) is 0 Å². The summed E-state index contributed by atoms with van der Waals surface area (Å²) in [7, 11) is 0. The number of H-pyrrole nitrogens is 1. The number of nitrogens with zero attached hydrogens (tertiary/aromatic N) is 3. The Morgan fingerprint density at radius 2 is 1.96 bits per heavy atom. The molecule has 1 amide bonds. The number of rotatable bonds is 5. The average Bonchev–Trinajstić information content (AvgIpc) is 3.09. The summed E-state index contributed by atoms with van der Waals surface area (Å²) in [4.78, 5) is 26.6. The van der Waals surface area contributed by atoms with E-state index >= 15 is 0 Å². The lowest BCUT2D eigenvalue weighted by molar-refractivity contribution is -0.384. The third-order valence-corrected chi connectivity index (χ3v) is 3.30. The van der Waals surface area contributed by atoms with E-state index in [0.717, 1.165) is 5.56 Å². The van der Waals surface area contributed by atoms with Crippen molar-refractivity contribution >= 4 is 11.6 Å². The molecule has 3 rings (SSSR count). The molecule has 1 aromatic heterocycles. The molecule has 0 fully saturated rings. The fraction of sp³-hybridized carbons (Fsp3) is 0.0625. The second-order valence-corrected chi connectivity index (χ2v) is 4.96. The molecular weight excluding hydrogens is 310 g/mol. The molecule has 0 unspecified atom stereocenters. The monoisotopic (exact) mass is 323 g/mol. The number of carbonyl (C=O) groups is 1. The Hall–Kier alpha value is -3.55. The van der Waals surface area contributed by atoms with Crippen LogP contribution in [0.5, 0.6) is 0 Å². The van der Waals surface area contributed by atoms with Gasteiger partial charge in [0.2, 0.25) is 0 Å². The Bertz CT molecular complexity index is 876. The van der Waals surface area contributed by atoms with Gasteiger partial charge in [0, 0.05) is 23.3 Å². The molecular formula is C16H13N5O3. The minimum absolute atomic E-state index is 0.131. The van der Waals surface area contributed by atoms with Crippen LogP contribution in [0.25, 0.3) is 11.4 Å². The van der Waals surface area contributed by atoms with Crippen molar-refractivity contribution in [1.29, 1.82) is 0 Å². The maximum absolute atomic E-state index is 12.1. The SMILES string of the molecule is O=C(NCc1nc(-c2ccccc2)n[nH]1)c1cccc([N+](=O)[O-])c1. The Kier molecular flexibility index (Phi) is 4.28. The van der Waals surface area contributed by atoms with Crippen LogP contribution in [-0.4, -0.2) is 26.0 Å². The summed E-state index contributed by atoms with van der Waals surface area (Å²) in [5, 5.41) is 20.2. The molecule has 120 valence electrons. The van der Waals surface area contributed by atoms with E-state index in [1.807, 2.05) is 30.3 Å². The van der Waals surface area contributed by atoms with Crippen molar-refractivity contribution in [1.82, 2.24) is 20.5 Å². The van der Waals surface area contributed by atoms with Crippen molar-refractivity contribution in [3.05, 3.63) is 76.1 Å². The van der Waals surface area contributed by atoms with Crippen LogP contribution in [0.4, 0.5) is 5.69 Å². The summed E-state index contributed by atoms with van der Waals surface area (Å²) in [6.45, 7) is 0.140. The average molecular weight is 323 g/mol. The maximum atomic E-state index is 12.1. The van der Waals surface area contributed by atoms with Gasteiger partial charge in [0.25, 0.3) is 11.6 Å². The highest BCUT2D eigenvalue weighted by atomic mass is 16.6. The van der Waals surface area contributed by atoms with E-state index in [9.17, 15) is 14.9 Å². The molecule has 8 heteroatoms. The van der Waals surface area contributed by atoms with Gasteiger partial charge in [-0.1, -0.05) is 36.4 Å². The molecule has 0 spiro atoms. The third-order valence-electron chi connectivity index (χ3n) is 3.30. The molecule has 0 radical (unpaired) electrons. The third kappa shape index (κ3) is 3.43. The summed E-state index contributed by atoms with van der Waals surface area (Å²) >= 11 is 0. The first-order valence-electron chi connectivity index (χ1n) is 7.13. The van der Waals surface area contributed by atoms with Crippen molar-refractivity contribution in [2.24, 2.45) is 0 Å². The van der Waals surface area contributed by atoms with Crippen LogP contribution < -0.4 is 5.32 Å². The van der Waals surface area contributed by atoms with E-state index in [1.54, 1.807) is 0 Å². The normalized spacial score (nSPS) is 10.3. The fourth-order valence-electron chi connectivity index (χ4n) is 2.12. The number of nitro benzene ring substituents is 1. The molecule has 1 heterocycles. The first-order chi connectivity index (χ1) is 11.6. The molecule has 8 nitrogen and oxygen atoms in total. The molecule has 0 aliphatic rings. The predicted molar refractivity (Wildman–Crippen MR) is 86.1 cm³/mol. The molecule has 0 atom stereocenters. The van der Waals surface area contributed by atoms with Gasteiger partial charge in [-0.15, -0.1) is 0 Å². The van der Waals surface area contributed by atoms with Gasteiger partial charge in [-0.3, -0.25) is 20.0 Å². The number of nitro groups is 1. The van der Waals surface area contributed by atoms with Crippen LogP contribution in [0.1, 0.15) is 16.2 Å². The summed E-state index contributed by atoms with van der Waals surface area (Å²) in [5.41, 5.74) is 0.950. The van der Waals surface area contributed by atoms with E-state index in [2.05, 4.69) is 20.5 Å². The fourth-order valence-corrected chi connectivity index (χ4v) is 2.12. The van der Waals surface area contributed by atoms with Crippen LogP contribution in [0.3, 0.4) is 0 Å². The predicted octanol–water partition coefficient (Wildman–Crippen LogP) is 2.31. The number of aromatic nitrogens is 3.